The zero-order valence-electron chi connectivity index (χ0n) is 9.65. The molecule has 17 heavy (non-hydrogen) atoms. The molecular formula is C11H16FNO2S2. The minimum Gasteiger partial charge on any atom is -0.315 e. The molecule has 96 valence electrons. The molecule has 0 unspecified atom stereocenters. The summed E-state index contributed by atoms with van der Waals surface area (Å²) >= 11 is 1.42. The van der Waals surface area contributed by atoms with E-state index in [9.17, 15) is 12.8 Å². The van der Waals surface area contributed by atoms with E-state index in [4.69, 9.17) is 0 Å². The van der Waals surface area contributed by atoms with E-state index in [0.29, 0.717) is 23.7 Å². The molecule has 0 amide bonds. The molecule has 0 fully saturated rings. The van der Waals surface area contributed by atoms with E-state index in [1.807, 2.05) is 0 Å². The van der Waals surface area contributed by atoms with Crippen LogP contribution >= 0.6 is 11.8 Å². The molecule has 1 rings (SSSR count). The molecule has 0 heterocycles. The first-order valence-electron chi connectivity index (χ1n) is 5.25. The first-order valence-corrected chi connectivity index (χ1v) is 8.29. The summed E-state index contributed by atoms with van der Waals surface area (Å²) in [7, 11) is -2.90. The van der Waals surface area contributed by atoms with Gasteiger partial charge in [-0.05, 0) is 12.1 Å². The largest absolute Gasteiger partial charge is 0.315 e. The molecule has 0 radical (unpaired) electrons. The van der Waals surface area contributed by atoms with Gasteiger partial charge < -0.3 is 5.32 Å². The van der Waals surface area contributed by atoms with E-state index in [0.717, 1.165) is 0 Å². The van der Waals surface area contributed by atoms with Gasteiger partial charge >= 0.3 is 0 Å². The number of hydrogen-bond acceptors (Lipinski definition) is 4. The number of sulfone groups is 1. The van der Waals surface area contributed by atoms with Crippen LogP contribution in [0.15, 0.2) is 29.2 Å². The van der Waals surface area contributed by atoms with Gasteiger partial charge in [0.25, 0.3) is 0 Å². The summed E-state index contributed by atoms with van der Waals surface area (Å²) in [6.45, 7) is 1.10. The lowest BCUT2D eigenvalue weighted by Gasteiger charge is -2.04. The van der Waals surface area contributed by atoms with Gasteiger partial charge in [0.15, 0.2) is 0 Å². The van der Waals surface area contributed by atoms with Crippen LogP contribution in [0.5, 0.6) is 0 Å². The Balaban J connectivity index is 2.15. The van der Waals surface area contributed by atoms with Crippen LogP contribution in [-0.2, 0) is 9.84 Å². The van der Waals surface area contributed by atoms with Gasteiger partial charge in [-0.15, -0.1) is 11.8 Å². The van der Waals surface area contributed by atoms with Gasteiger partial charge in [-0.3, -0.25) is 0 Å². The van der Waals surface area contributed by atoms with E-state index < -0.39 is 9.84 Å². The zero-order chi connectivity index (χ0) is 12.7. The molecule has 6 heteroatoms. The predicted molar refractivity (Wildman–Crippen MR) is 69.7 cm³/mol. The van der Waals surface area contributed by atoms with Gasteiger partial charge in [-0.1, -0.05) is 12.1 Å². The Morgan fingerprint density at radius 1 is 1.29 bits per heavy atom. The third-order valence-electron chi connectivity index (χ3n) is 2.02. The van der Waals surface area contributed by atoms with Crippen LogP contribution in [0.3, 0.4) is 0 Å². The van der Waals surface area contributed by atoms with Crippen LogP contribution < -0.4 is 5.32 Å². The number of thioether (sulfide) groups is 1. The smallest absolute Gasteiger partial charge is 0.148 e. The first kappa shape index (κ1) is 14.5. The first-order chi connectivity index (χ1) is 7.99. The molecule has 0 bridgehead atoms. The Kier molecular flexibility index (Phi) is 5.94. The topological polar surface area (TPSA) is 46.2 Å². The third-order valence-corrected chi connectivity index (χ3v) is 4.02. The summed E-state index contributed by atoms with van der Waals surface area (Å²) in [5, 5.41) is 3.01. The van der Waals surface area contributed by atoms with Gasteiger partial charge in [0, 0.05) is 30.0 Å². The summed E-state index contributed by atoms with van der Waals surface area (Å²) < 4.78 is 34.9. The zero-order valence-corrected chi connectivity index (χ0v) is 11.3. The van der Waals surface area contributed by atoms with E-state index in [2.05, 4.69) is 5.32 Å². The van der Waals surface area contributed by atoms with Crippen molar-refractivity contribution in [2.75, 3.05) is 30.9 Å². The predicted octanol–water partition coefficient (Wildman–Crippen LogP) is 1.55. The van der Waals surface area contributed by atoms with Crippen molar-refractivity contribution >= 4 is 21.6 Å². The summed E-state index contributed by atoms with van der Waals surface area (Å²) in [4.78, 5) is 0.623. The second-order valence-corrected chi connectivity index (χ2v) is 7.06. The van der Waals surface area contributed by atoms with Crippen molar-refractivity contribution < 1.29 is 12.8 Å². The minimum absolute atomic E-state index is 0.136. The normalized spacial score (nSPS) is 11.6. The maximum absolute atomic E-state index is 13.2. The molecule has 1 aromatic rings. The number of halogens is 1. The van der Waals surface area contributed by atoms with Crippen LogP contribution in [0.4, 0.5) is 4.39 Å². The number of benzene rings is 1. The average Bonchev–Trinajstić information content (AvgIpc) is 2.24. The highest BCUT2D eigenvalue weighted by Crippen LogP contribution is 2.20. The van der Waals surface area contributed by atoms with Crippen molar-refractivity contribution in [3.63, 3.8) is 0 Å². The number of rotatable bonds is 7. The van der Waals surface area contributed by atoms with Gasteiger partial charge in [0.1, 0.15) is 15.7 Å². The van der Waals surface area contributed by atoms with Gasteiger partial charge in [-0.25, -0.2) is 12.8 Å². The Labute approximate surface area is 106 Å². The minimum atomic E-state index is -2.90. The SMILES string of the molecule is CS(=O)(=O)CCNCCSc1ccccc1F. The molecule has 0 aromatic heterocycles. The van der Waals surface area contributed by atoms with Gasteiger partial charge in [0.2, 0.25) is 0 Å². The van der Waals surface area contributed by atoms with Gasteiger partial charge in [-0.2, -0.15) is 0 Å². The van der Waals surface area contributed by atoms with Crippen LogP contribution in [0, 0.1) is 5.82 Å². The molecular weight excluding hydrogens is 261 g/mol. The Morgan fingerprint density at radius 3 is 2.65 bits per heavy atom. The lowest BCUT2D eigenvalue weighted by Crippen LogP contribution is -2.24. The maximum atomic E-state index is 13.2. The van der Waals surface area contributed by atoms with Crippen molar-refractivity contribution in [2.24, 2.45) is 0 Å². The fourth-order valence-corrected chi connectivity index (χ4v) is 2.54. The average molecular weight is 277 g/mol. The fraction of sp³-hybridized carbons (Fsp3) is 0.455. The molecule has 0 saturated carbocycles. The van der Waals surface area contributed by atoms with Crippen molar-refractivity contribution in [3.8, 4) is 0 Å². The molecule has 1 N–H and O–H groups in total. The summed E-state index contributed by atoms with van der Waals surface area (Å²) in [5.41, 5.74) is 0. The second-order valence-electron chi connectivity index (χ2n) is 3.66. The van der Waals surface area contributed by atoms with E-state index in [1.54, 1.807) is 18.2 Å². The van der Waals surface area contributed by atoms with E-state index in [-0.39, 0.29) is 11.6 Å². The lowest BCUT2D eigenvalue weighted by atomic mass is 10.3. The van der Waals surface area contributed by atoms with Gasteiger partial charge in [0.05, 0.1) is 5.75 Å². The Morgan fingerprint density at radius 2 is 2.00 bits per heavy atom. The summed E-state index contributed by atoms with van der Waals surface area (Å²) in [6, 6.07) is 6.61. The van der Waals surface area contributed by atoms with Crippen molar-refractivity contribution in [1.82, 2.24) is 5.32 Å². The molecule has 0 aliphatic carbocycles. The Bertz CT molecular complexity index is 449. The lowest BCUT2D eigenvalue weighted by molar-refractivity contribution is 0.598. The fourth-order valence-electron chi connectivity index (χ4n) is 1.18. The van der Waals surface area contributed by atoms with Crippen LogP contribution in [0.1, 0.15) is 0 Å². The van der Waals surface area contributed by atoms with Crippen LogP contribution in [-0.4, -0.2) is 39.3 Å². The van der Waals surface area contributed by atoms with Crippen molar-refractivity contribution in [3.05, 3.63) is 30.1 Å². The Hall–Kier alpha value is -0.590. The standard InChI is InChI=1S/C11H16FNO2S2/c1-17(14,15)9-7-13-6-8-16-11-5-3-2-4-10(11)12/h2-5,13H,6-9H2,1H3. The van der Waals surface area contributed by atoms with Crippen LogP contribution in [0.2, 0.25) is 0 Å². The summed E-state index contributed by atoms with van der Waals surface area (Å²) in [6.07, 6.45) is 1.21. The highest BCUT2D eigenvalue weighted by molar-refractivity contribution is 7.99. The van der Waals surface area contributed by atoms with Crippen molar-refractivity contribution in [2.45, 2.75) is 4.90 Å². The molecule has 0 aliphatic rings. The molecule has 0 spiro atoms. The quantitative estimate of drug-likeness (QED) is 0.607. The molecule has 0 saturated heterocycles. The van der Waals surface area contributed by atoms with Crippen LogP contribution in [0.25, 0.3) is 0 Å². The molecule has 0 aliphatic heterocycles. The molecule has 1 aromatic carbocycles. The highest BCUT2D eigenvalue weighted by atomic mass is 32.2. The second kappa shape index (κ2) is 6.98. The van der Waals surface area contributed by atoms with E-state index >= 15 is 0 Å². The highest BCUT2D eigenvalue weighted by Gasteiger charge is 2.02. The molecule has 3 nitrogen and oxygen atoms in total. The molecule has 0 atom stereocenters. The summed E-state index contributed by atoms with van der Waals surface area (Å²) in [5.74, 6) is 0.635. The van der Waals surface area contributed by atoms with E-state index in [1.165, 1.54) is 24.1 Å². The number of hydrogen-bond donors (Lipinski definition) is 1. The third kappa shape index (κ3) is 6.65. The van der Waals surface area contributed by atoms with Crippen molar-refractivity contribution in [1.29, 1.82) is 0 Å². The maximum Gasteiger partial charge on any atom is 0.148 e. The number of nitrogens with one attached hydrogen (secondary N) is 1. The monoisotopic (exact) mass is 277 g/mol.